The monoisotopic (exact) mass is 293 g/mol. The van der Waals surface area contributed by atoms with Crippen LogP contribution in [-0.2, 0) is 4.79 Å². The van der Waals surface area contributed by atoms with Crippen molar-refractivity contribution in [2.24, 2.45) is 17.6 Å². The van der Waals surface area contributed by atoms with Crippen molar-refractivity contribution in [3.05, 3.63) is 0 Å². The number of amides is 1. The number of hydrogen-bond acceptors (Lipinski definition) is 3. The standard InChI is InChI=1S/C17H31N3O/c1-12(17(21)19-14-7-3-2-4-8-14)20-10-13-6-5-9-16(18)15(13)11-20/h12-16H,2-11,18H2,1H3,(H,19,21). The molecule has 4 heteroatoms. The number of carbonyl (C=O) groups excluding carboxylic acids is 1. The van der Waals surface area contributed by atoms with Gasteiger partial charge in [-0.15, -0.1) is 0 Å². The second-order valence-electron chi connectivity index (χ2n) is 7.49. The van der Waals surface area contributed by atoms with E-state index in [0.29, 0.717) is 18.0 Å². The molecule has 0 aromatic carbocycles. The van der Waals surface area contributed by atoms with Gasteiger partial charge in [-0.05, 0) is 44.4 Å². The molecule has 0 radical (unpaired) electrons. The topological polar surface area (TPSA) is 58.4 Å². The third-order valence-electron chi connectivity index (χ3n) is 6.06. The predicted octanol–water partition coefficient (Wildman–Crippen LogP) is 1.88. The van der Waals surface area contributed by atoms with E-state index in [9.17, 15) is 4.79 Å². The lowest BCUT2D eigenvalue weighted by Crippen LogP contribution is -2.48. The molecule has 1 heterocycles. The van der Waals surface area contributed by atoms with Crippen molar-refractivity contribution < 1.29 is 4.79 Å². The fourth-order valence-corrected chi connectivity index (χ4v) is 4.60. The van der Waals surface area contributed by atoms with Crippen LogP contribution in [0.25, 0.3) is 0 Å². The highest BCUT2D eigenvalue weighted by molar-refractivity contribution is 5.81. The average molecular weight is 293 g/mol. The first kappa shape index (κ1) is 15.3. The molecule has 2 aliphatic carbocycles. The van der Waals surface area contributed by atoms with Gasteiger partial charge >= 0.3 is 0 Å². The minimum atomic E-state index is 0.00438. The van der Waals surface area contributed by atoms with Crippen molar-refractivity contribution in [2.75, 3.05) is 13.1 Å². The lowest BCUT2D eigenvalue weighted by Gasteiger charge is -2.30. The molecule has 0 bridgehead atoms. The van der Waals surface area contributed by atoms with Gasteiger partial charge in [-0.1, -0.05) is 25.7 Å². The summed E-state index contributed by atoms with van der Waals surface area (Å²) in [5, 5.41) is 3.28. The van der Waals surface area contributed by atoms with Gasteiger partial charge in [0, 0.05) is 25.2 Å². The van der Waals surface area contributed by atoms with Crippen LogP contribution >= 0.6 is 0 Å². The fourth-order valence-electron chi connectivity index (χ4n) is 4.60. The van der Waals surface area contributed by atoms with Gasteiger partial charge < -0.3 is 11.1 Å². The number of fused-ring (bicyclic) bond motifs is 1. The van der Waals surface area contributed by atoms with Crippen LogP contribution in [0.1, 0.15) is 58.3 Å². The summed E-state index contributed by atoms with van der Waals surface area (Å²) in [5.41, 5.74) is 6.28. The minimum absolute atomic E-state index is 0.00438. The van der Waals surface area contributed by atoms with Gasteiger partial charge in [-0.2, -0.15) is 0 Å². The molecular weight excluding hydrogens is 262 g/mol. The third kappa shape index (κ3) is 3.42. The molecule has 1 aliphatic heterocycles. The van der Waals surface area contributed by atoms with Gasteiger partial charge in [-0.25, -0.2) is 0 Å². The third-order valence-corrected chi connectivity index (χ3v) is 6.06. The zero-order valence-electron chi connectivity index (χ0n) is 13.4. The van der Waals surface area contributed by atoms with E-state index in [2.05, 4.69) is 17.1 Å². The molecule has 3 fully saturated rings. The molecular formula is C17H31N3O. The van der Waals surface area contributed by atoms with Crippen LogP contribution in [0.5, 0.6) is 0 Å². The van der Waals surface area contributed by atoms with Crippen molar-refractivity contribution in [2.45, 2.75) is 76.4 Å². The number of rotatable bonds is 3. The van der Waals surface area contributed by atoms with Crippen molar-refractivity contribution in [1.82, 2.24) is 10.2 Å². The van der Waals surface area contributed by atoms with Crippen LogP contribution in [-0.4, -0.2) is 42.0 Å². The number of carbonyl (C=O) groups is 1. The fraction of sp³-hybridized carbons (Fsp3) is 0.941. The summed E-state index contributed by atoms with van der Waals surface area (Å²) in [6, 6.07) is 0.771. The number of nitrogens with two attached hydrogens (primary N) is 1. The zero-order chi connectivity index (χ0) is 14.8. The predicted molar refractivity (Wildman–Crippen MR) is 84.9 cm³/mol. The van der Waals surface area contributed by atoms with Crippen LogP contribution < -0.4 is 11.1 Å². The van der Waals surface area contributed by atoms with Gasteiger partial charge in [0.25, 0.3) is 0 Å². The minimum Gasteiger partial charge on any atom is -0.352 e. The Balaban J connectivity index is 1.52. The molecule has 3 rings (SSSR count). The van der Waals surface area contributed by atoms with Crippen LogP contribution in [0.15, 0.2) is 0 Å². The van der Waals surface area contributed by atoms with E-state index in [0.717, 1.165) is 38.3 Å². The van der Waals surface area contributed by atoms with Crippen LogP contribution in [0.3, 0.4) is 0 Å². The summed E-state index contributed by atoms with van der Waals surface area (Å²) in [6.45, 7) is 4.16. The molecule has 21 heavy (non-hydrogen) atoms. The first-order valence-corrected chi connectivity index (χ1v) is 8.95. The Hall–Kier alpha value is -0.610. The van der Waals surface area contributed by atoms with Gasteiger partial charge in [0.05, 0.1) is 6.04 Å². The maximum absolute atomic E-state index is 12.5. The maximum Gasteiger partial charge on any atom is 0.237 e. The highest BCUT2D eigenvalue weighted by Crippen LogP contribution is 2.36. The molecule has 4 nitrogen and oxygen atoms in total. The summed E-state index contributed by atoms with van der Waals surface area (Å²) in [5.74, 6) is 1.57. The number of hydrogen-bond donors (Lipinski definition) is 2. The largest absolute Gasteiger partial charge is 0.352 e. The average Bonchev–Trinajstić information content (AvgIpc) is 2.93. The molecule has 0 aromatic rings. The SMILES string of the molecule is CC(C(=O)NC1CCCCC1)N1CC2CCCC(N)C2C1. The van der Waals surface area contributed by atoms with Crippen molar-refractivity contribution in [1.29, 1.82) is 0 Å². The highest BCUT2D eigenvalue weighted by atomic mass is 16.2. The molecule has 0 aromatic heterocycles. The molecule has 0 spiro atoms. The zero-order valence-corrected chi connectivity index (χ0v) is 13.4. The van der Waals surface area contributed by atoms with E-state index in [1.165, 1.54) is 32.1 Å². The van der Waals surface area contributed by atoms with Crippen molar-refractivity contribution >= 4 is 5.91 Å². The van der Waals surface area contributed by atoms with E-state index in [4.69, 9.17) is 5.73 Å². The molecule has 4 unspecified atom stereocenters. The molecule has 3 aliphatic rings. The number of likely N-dealkylation sites (tertiary alicyclic amines) is 1. The smallest absolute Gasteiger partial charge is 0.237 e. The summed E-state index contributed by atoms with van der Waals surface area (Å²) in [7, 11) is 0. The first-order valence-electron chi connectivity index (χ1n) is 8.95. The highest BCUT2D eigenvalue weighted by Gasteiger charge is 2.41. The lowest BCUT2D eigenvalue weighted by atomic mass is 9.78. The second-order valence-corrected chi connectivity index (χ2v) is 7.49. The molecule has 3 N–H and O–H groups in total. The Morgan fingerprint density at radius 2 is 1.86 bits per heavy atom. The van der Waals surface area contributed by atoms with Gasteiger partial charge in [0.1, 0.15) is 0 Å². The van der Waals surface area contributed by atoms with E-state index in [1.54, 1.807) is 0 Å². The van der Waals surface area contributed by atoms with E-state index in [-0.39, 0.29) is 11.9 Å². The van der Waals surface area contributed by atoms with Crippen molar-refractivity contribution in [3.8, 4) is 0 Å². The summed E-state index contributed by atoms with van der Waals surface area (Å²) in [4.78, 5) is 14.9. The summed E-state index contributed by atoms with van der Waals surface area (Å²) < 4.78 is 0. The molecule has 120 valence electrons. The number of nitrogens with one attached hydrogen (secondary N) is 1. The van der Waals surface area contributed by atoms with E-state index in [1.807, 2.05) is 0 Å². The van der Waals surface area contributed by atoms with Gasteiger partial charge in [0.2, 0.25) is 5.91 Å². The lowest BCUT2D eigenvalue weighted by molar-refractivity contribution is -0.126. The first-order chi connectivity index (χ1) is 10.1. The Morgan fingerprint density at radius 3 is 2.57 bits per heavy atom. The van der Waals surface area contributed by atoms with E-state index < -0.39 is 0 Å². The Morgan fingerprint density at radius 1 is 1.10 bits per heavy atom. The van der Waals surface area contributed by atoms with Crippen molar-refractivity contribution in [3.63, 3.8) is 0 Å². The molecule has 1 saturated heterocycles. The molecule has 4 atom stereocenters. The van der Waals surface area contributed by atoms with Gasteiger partial charge in [0.15, 0.2) is 0 Å². The van der Waals surface area contributed by atoms with Gasteiger partial charge in [-0.3, -0.25) is 9.69 Å². The van der Waals surface area contributed by atoms with E-state index >= 15 is 0 Å². The summed E-state index contributed by atoms with van der Waals surface area (Å²) in [6.07, 6.45) is 9.91. The Bertz CT molecular complexity index is 367. The Labute approximate surface area is 128 Å². The number of nitrogens with zero attached hydrogens (tertiary/aromatic N) is 1. The molecule has 1 amide bonds. The van der Waals surface area contributed by atoms with Crippen LogP contribution in [0, 0.1) is 11.8 Å². The summed E-state index contributed by atoms with van der Waals surface area (Å²) >= 11 is 0. The van der Waals surface area contributed by atoms with Crippen LogP contribution in [0.2, 0.25) is 0 Å². The van der Waals surface area contributed by atoms with Crippen LogP contribution in [0.4, 0.5) is 0 Å². The quantitative estimate of drug-likeness (QED) is 0.835. The Kier molecular flexibility index (Phi) is 4.85. The second kappa shape index (κ2) is 6.66. The molecule has 2 saturated carbocycles. The maximum atomic E-state index is 12.5. The normalized spacial score (nSPS) is 36.2.